The van der Waals surface area contributed by atoms with Gasteiger partial charge in [-0.2, -0.15) is 0 Å². The second kappa shape index (κ2) is 11.7. The minimum Gasteiger partial charge on any atom is -0.402 e. The standard InChI is InChI=1S/C21H20FN5.C8H15N/c1-2-3-4-16(14-5-7-15(22)8-6-14)17-9-10-18(26-17)19-20-21(23)24-11-12-27(20)13-25-19;1-7(9)8-5-3-2-4-6-8/h2-13,21,24,26H,23H2,1H3;8H,1-6,9H2/b3-2-,16-4-;. The summed E-state index contributed by atoms with van der Waals surface area (Å²) in [4.78, 5) is 7.94. The van der Waals surface area contributed by atoms with Crippen molar-refractivity contribution in [2.45, 2.75) is 45.2 Å². The van der Waals surface area contributed by atoms with E-state index >= 15 is 0 Å². The number of hydrogen-bond acceptors (Lipinski definition) is 4. The number of imidazole rings is 1. The van der Waals surface area contributed by atoms with Crippen molar-refractivity contribution in [1.29, 1.82) is 0 Å². The number of nitrogens with zero attached hydrogens (tertiary/aromatic N) is 2. The highest BCUT2D eigenvalue weighted by molar-refractivity contribution is 5.80. The fourth-order valence-electron chi connectivity index (χ4n) is 4.64. The highest BCUT2D eigenvalue weighted by atomic mass is 19.1. The first-order valence-corrected chi connectivity index (χ1v) is 12.5. The smallest absolute Gasteiger partial charge is 0.123 e. The molecule has 6 N–H and O–H groups in total. The summed E-state index contributed by atoms with van der Waals surface area (Å²) in [5.41, 5.74) is 18.0. The number of fused-ring (bicyclic) bond motifs is 1. The van der Waals surface area contributed by atoms with Crippen molar-refractivity contribution in [2.75, 3.05) is 0 Å². The first-order chi connectivity index (χ1) is 17.5. The molecule has 0 bridgehead atoms. The summed E-state index contributed by atoms with van der Waals surface area (Å²) in [6, 6.07) is 10.5. The largest absolute Gasteiger partial charge is 0.402 e. The van der Waals surface area contributed by atoms with Crippen LogP contribution in [0, 0.1) is 11.7 Å². The lowest BCUT2D eigenvalue weighted by molar-refractivity contribution is 0.401. The van der Waals surface area contributed by atoms with Crippen LogP contribution in [0.1, 0.15) is 62.1 Å². The molecule has 1 aliphatic heterocycles. The van der Waals surface area contributed by atoms with E-state index in [-0.39, 0.29) is 12.0 Å². The van der Waals surface area contributed by atoms with Crippen molar-refractivity contribution < 1.29 is 4.39 Å². The normalized spacial score (nSPS) is 17.9. The maximum Gasteiger partial charge on any atom is 0.123 e. The van der Waals surface area contributed by atoms with E-state index in [2.05, 4.69) is 21.9 Å². The summed E-state index contributed by atoms with van der Waals surface area (Å²) in [6.07, 6.45) is 17.7. The number of aromatic amines is 1. The molecule has 1 fully saturated rings. The monoisotopic (exact) mass is 486 g/mol. The molecule has 6 nitrogen and oxygen atoms in total. The van der Waals surface area contributed by atoms with E-state index in [1.54, 1.807) is 24.7 Å². The van der Waals surface area contributed by atoms with E-state index in [9.17, 15) is 4.39 Å². The highest BCUT2D eigenvalue weighted by Crippen LogP contribution is 2.30. The van der Waals surface area contributed by atoms with Gasteiger partial charge in [0.2, 0.25) is 0 Å². The van der Waals surface area contributed by atoms with Gasteiger partial charge >= 0.3 is 0 Å². The lowest BCUT2D eigenvalue weighted by atomic mass is 9.88. The van der Waals surface area contributed by atoms with Crippen LogP contribution >= 0.6 is 0 Å². The zero-order valence-corrected chi connectivity index (χ0v) is 20.8. The van der Waals surface area contributed by atoms with Crippen LogP contribution in [0.3, 0.4) is 0 Å². The van der Waals surface area contributed by atoms with E-state index in [0.717, 1.165) is 39.6 Å². The molecular weight excluding hydrogens is 451 g/mol. The van der Waals surface area contributed by atoms with Gasteiger partial charge in [-0.25, -0.2) is 9.37 Å². The van der Waals surface area contributed by atoms with Crippen LogP contribution in [0.2, 0.25) is 0 Å². The van der Waals surface area contributed by atoms with Gasteiger partial charge in [-0.1, -0.05) is 56.2 Å². The number of allylic oxidation sites excluding steroid dienone is 4. The van der Waals surface area contributed by atoms with E-state index in [4.69, 9.17) is 11.5 Å². The number of rotatable bonds is 5. The van der Waals surface area contributed by atoms with Crippen LogP contribution in [0.15, 0.2) is 79.4 Å². The molecule has 3 heterocycles. The maximum absolute atomic E-state index is 13.3. The van der Waals surface area contributed by atoms with E-state index in [1.807, 2.05) is 48.1 Å². The number of benzene rings is 1. The predicted molar refractivity (Wildman–Crippen MR) is 146 cm³/mol. The molecule has 0 saturated heterocycles. The molecule has 5 rings (SSSR count). The SMILES string of the molecule is C/C=C\C=C(\c1ccc(F)cc1)c1ccc(-c2ncn3c2C(N)NC=C3)[nH]1.C=C(N)C1CCCCC1. The zero-order valence-electron chi connectivity index (χ0n) is 20.8. The Morgan fingerprint density at radius 3 is 2.56 bits per heavy atom. The summed E-state index contributed by atoms with van der Waals surface area (Å²) < 4.78 is 15.2. The number of halogens is 1. The van der Waals surface area contributed by atoms with Crippen LogP contribution < -0.4 is 16.8 Å². The average molecular weight is 487 g/mol. The molecule has 0 spiro atoms. The number of nitrogens with two attached hydrogens (primary N) is 2. The Morgan fingerprint density at radius 1 is 1.14 bits per heavy atom. The molecule has 1 aliphatic carbocycles. The molecule has 1 atom stereocenters. The van der Waals surface area contributed by atoms with Gasteiger partial charge in [0.1, 0.15) is 17.7 Å². The van der Waals surface area contributed by atoms with Crippen molar-refractivity contribution in [2.24, 2.45) is 17.4 Å². The summed E-state index contributed by atoms with van der Waals surface area (Å²) in [6.45, 7) is 5.71. The van der Waals surface area contributed by atoms with Gasteiger partial charge in [0.05, 0.1) is 17.7 Å². The molecule has 1 saturated carbocycles. The third-order valence-corrected chi connectivity index (χ3v) is 6.61. The Balaban J connectivity index is 0.000000286. The van der Waals surface area contributed by atoms with Gasteiger partial charge in [0.15, 0.2) is 0 Å². The second-order valence-electron chi connectivity index (χ2n) is 9.15. The first-order valence-electron chi connectivity index (χ1n) is 12.5. The molecule has 0 amide bonds. The minimum atomic E-state index is -0.325. The Bertz CT molecular complexity index is 1260. The summed E-state index contributed by atoms with van der Waals surface area (Å²) in [5.74, 6) is 0.384. The van der Waals surface area contributed by atoms with Gasteiger partial charge in [0, 0.05) is 29.4 Å². The Labute approximate surface area is 212 Å². The molecule has 2 aromatic heterocycles. The van der Waals surface area contributed by atoms with Gasteiger partial charge < -0.3 is 26.3 Å². The lowest BCUT2D eigenvalue weighted by Crippen LogP contribution is -2.29. The second-order valence-corrected chi connectivity index (χ2v) is 9.15. The first kappa shape index (κ1) is 25.3. The van der Waals surface area contributed by atoms with Crippen LogP contribution in [0.25, 0.3) is 23.2 Å². The Morgan fingerprint density at radius 2 is 1.89 bits per heavy atom. The minimum absolute atomic E-state index is 0.254. The van der Waals surface area contributed by atoms with Crippen molar-refractivity contribution in [1.82, 2.24) is 19.9 Å². The number of hydrogen-bond donors (Lipinski definition) is 4. The molecule has 2 aliphatic rings. The van der Waals surface area contributed by atoms with Crippen LogP contribution in [-0.4, -0.2) is 14.5 Å². The van der Waals surface area contributed by atoms with E-state index in [0.29, 0.717) is 5.92 Å². The fraction of sp³-hybridized carbons (Fsp3) is 0.276. The topological polar surface area (TPSA) is 97.7 Å². The molecule has 1 aromatic carbocycles. The molecular formula is C29H35FN6. The van der Waals surface area contributed by atoms with Crippen molar-refractivity contribution in [3.8, 4) is 11.4 Å². The summed E-state index contributed by atoms with van der Waals surface area (Å²) in [7, 11) is 0. The fourth-order valence-corrected chi connectivity index (χ4v) is 4.64. The lowest BCUT2D eigenvalue weighted by Gasteiger charge is -2.20. The van der Waals surface area contributed by atoms with Crippen molar-refractivity contribution in [3.05, 3.63) is 102 Å². The van der Waals surface area contributed by atoms with Gasteiger partial charge in [-0.15, -0.1) is 0 Å². The maximum atomic E-state index is 13.3. The van der Waals surface area contributed by atoms with E-state index < -0.39 is 0 Å². The highest BCUT2D eigenvalue weighted by Gasteiger charge is 2.21. The Hall–Kier alpha value is -3.84. The summed E-state index contributed by atoms with van der Waals surface area (Å²) >= 11 is 0. The van der Waals surface area contributed by atoms with Gasteiger partial charge in [-0.05, 0) is 55.5 Å². The predicted octanol–water partition coefficient (Wildman–Crippen LogP) is 6.05. The van der Waals surface area contributed by atoms with Crippen molar-refractivity contribution in [3.63, 3.8) is 0 Å². The zero-order chi connectivity index (χ0) is 25.5. The molecule has 7 heteroatoms. The molecule has 3 aromatic rings. The van der Waals surface area contributed by atoms with Crippen LogP contribution in [0.5, 0.6) is 0 Å². The van der Waals surface area contributed by atoms with Crippen LogP contribution in [0.4, 0.5) is 4.39 Å². The van der Waals surface area contributed by atoms with Gasteiger partial charge in [0.25, 0.3) is 0 Å². The molecule has 188 valence electrons. The number of nitrogens with one attached hydrogen (secondary N) is 2. The average Bonchev–Trinajstić information content (AvgIpc) is 3.54. The van der Waals surface area contributed by atoms with Crippen LogP contribution in [-0.2, 0) is 0 Å². The molecule has 1 unspecified atom stereocenters. The summed E-state index contributed by atoms with van der Waals surface area (Å²) in [5, 5.41) is 3.09. The van der Waals surface area contributed by atoms with E-state index in [1.165, 1.54) is 44.2 Å². The number of H-pyrrole nitrogens is 1. The molecule has 0 radical (unpaired) electrons. The quantitative estimate of drug-likeness (QED) is 0.330. The third-order valence-electron chi connectivity index (χ3n) is 6.61. The third kappa shape index (κ3) is 5.86. The Kier molecular flexibility index (Phi) is 8.23. The molecule has 36 heavy (non-hydrogen) atoms. The van der Waals surface area contributed by atoms with Crippen molar-refractivity contribution >= 4 is 11.8 Å². The number of aromatic nitrogens is 3. The van der Waals surface area contributed by atoms with Gasteiger partial charge in [-0.3, -0.25) is 0 Å².